The summed E-state index contributed by atoms with van der Waals surface area (Å²) in [7, 11) is 0. The van der Waals surface area contributed by atoms with Crippen LogP contribution in [0.5, 0.6) is 0 Å². The molecule has 0 amide bonds. The Bertz CT molecular complexity index is 957. The summed E-state index contributed by atoms with van der Waals surface area (Å²) in [6.45, 7) is 10.6. The third kappa shape index (κ3) is 3.43. The van der Waals surface area contributed by atoms with Crippen molar-refractivity contribution in [2.45, 2.75) is 65.5 Å². The molecule has 2 aromatic heterocycles. The van der Waals surface area contributed by atoms with E-state index in [0.717, 1.165) is 55.3 Å². The monoisotopic (exact) mass is 378 g/mol. The standard InChI is InChI=1S/C22H30N6/c1-5-18(6-2)23-20-13-19(22-25-24-21(15(3)4)28(22)26-20)27-12-11-16-9-7-8-10-17(16)14-27/h7-10,13,15,18H,5-6,11-12,14H2,1-4H3,(H,23,26). The zero-order valence-corrected chi connectivity index (χ0v) is 17.3. The Kier molecular flexibility index (Phi) is 5.20. The van der Waals surface area contributed by atoms with E-state index in [1.54, 1.807) is 0 Å². The van der Waals surface area contributed by atoms with Gasteiger partial charge in [0.2, 0.25) is 5.65 Å². The second-order valence-electron chi connectivity index (χ2n) is 7.96. The fourth-order valence-electron chi connectivity index (χ4n) is 3.95. The number of nitrogens with one attached hydrogen (secondary N) is 1. The van der Waals surface area contributed by atoms with Gasteiger partial charge in [0.1, 0.15) is 5.82 Å². The van der Waals surface area contributed by atoms with Crippen LogP contribution in [0.1, 0.15) is 63.4 Å². The second kappa shape index (κ2) is 7.78. The first kappa shape index (κ1) is 18.7. The summed E-state index contributed by atoms with van der Waals surface area (Å²) in [6.07, 6.45) is 3.19. The van der Waals surface area contributed by atoms with E-state index in [9.17, 15) is 0 Å². The van der Waals surface area contributed by atoms with Crippen LogP contribution in [0.3, 0.4) is 0 Å². The third-order valence-corrected chi connectivity index (χ3v) is 5.70. The lowest BCUT2D eigenvalue weighted by Gasteiger charge is -2.31. The minimum atomic E-state index is 0.265. The van der Waals surface area contributed by atoms with E-state index >= 15 is 0 Å². The van der Waals surface area contributed by atoms with Gasteiger partial charge in [0.05, 0.1) is 5.69 Å². The minimum absolute atomic E-state index is 0.265. The van der Waals surface area contributed by atoms with E-state index in [4.69, 9.17) is 5.10 Å². The average molecular weight is 379 g/mol. The van der Waals surface area contributed by atoms with Crippen molar-refractivity contribution in [3.63, 3.8) is 0 Å². The normalized spacial score (nSPS) is 14.1. The Morgan fingerprint density at radius 3 is 2.54 bits per heavy atom. The van der Waals surface area contributed by atoms with Crippen LogP contribution in [0.4, 0.5) is 11.5 Å². The van der Waals surface area contributed by atoms with E-state index in [-0.39, 0.29) is 5.92 Å². The molecule has 0 aliphatic carbocycles. The van der Waals surface area contributed by atoms with Gasteiger partial charge in [0, 0.05) is 31.1 Å². The number of hydrogen-bond donors (Lipinski definition) is 1. The summed E-state index contributed by atoms with van der Waals surface area (Å²) < 4.78 is 1.94. The largest absolute Gasteiger partial charge is 0.366 e. The molecule has 0 bridgehead atoms. The quantitative estimate of drug-likeness (QED) is 0.688. The summed E-state index contributed by atoms with van der Waals surface area (Å²) >= 11 is 0. The predicted octanol–water partition coefficient (Wildman–Crippen LogP) is 4.41. The molecule has 3 heterocycles. The highest BCUT2D eigenvalue weighted by Crippen LogP contribution is 2.30. The van der Waals surface area contributed by atoms with Gasteiger partial charge in [-0.1, -0.05) is 52.0 Å². The number of anilines is 2. The molecule has 28 heavy (non-hydrogen) atoms. The molecule has 6 heteroatoms. The van der Waals surface area contributed by atoms with E-state index in [1.165, 1.54) is 11.1 Å². The molecule has 1 aliphatic rings. The molecule has 4 rings (SSSR count). The van der Waals surface area contributed by atoms with E-state index in [1.807, 2.05) is 4.52 Å². The molecule has 148 valence electrons. The summed E-state index contributed by atoms with van der Waals surface area (Å²) in [5.74, 6) is 2.07. The Labute approximate surface area is 167 Å². The lowest BCUT2D eigenvalue weighted by molar-refractivity contribution is 0.659. The van der Waals surface area contributed by atoms with Crippen molar-refractivity contribution in [3.05, 3.63) is 47.3 Å². The van der Waals surface area contributed by atoms with Gasteiger partial charge < -0.3 is 10.2 Å². The van der Waals surface area contributed by atoms with Crippen molar-refractivity contribution in [3.8, 4) is 0 Å². The van der Waals surface area contributed by atoms with Crippen molar-refractivity contribution in [2.75, 3.05) is 16.8 Å². The highest BCUT2D eigenvalue weighted by molar-refractivity contribution is 5.72. The molecule has 1 N–H and O–H groups in total. The Balaban J connectivity index is 1.78. The van der Waals surface area contributed by atoms with Crippen molar-refractivity contribution in [1.82, 2.24) is 19.8 Å². The van der Waals surface area contributed by atoms with Crippen molar-refractivity contribution in [1.29, 1.82) is 0 Å². The number of nitrogens with zero attached hydrogens (tertiary/aromatic N) is 5. The smallest absolute Gasteiger partial charge is 0.201 e. The maximum Gasteiger partial charge on any atom is 0.201 e. The molecule has 1 aliphatic heterocycles. The summed E-state index contributed by atoms with van der Waals surface area (Å²) in [5.41, 5.74) is 4.79. The zero-order valence-electron chi connectivity index (χ0n) is 17.3. The minimum Gasteiger partial charge on any atom is -0.366 e. The van der Waals surface area contributed by atoms with Crippen molar-refractivity contribution < 1.29 is 0 Å². The fraction of sp³-hybridized carbons (Fsp3) is 0.500. The summed E-state index contributed by atoms with van der Waals surface area (Å²) in [6, 6.07) is 11.3. The Morgan fingerprint density at radius 2 is 1.82 bits per heavy atom. The first-order valence-corrected chi connectivity index (χ1v) is 10.4. The molecule has 0 saturated carbocycles. The Morgan fingerprint density at radius 1 is 1.07 bits per heavy atom. The highest BCUT2D eigenvalue weighted by atomic mass is 15.4. The second-order valence-corrected chi connectivity index (χ2v) is 7.96. The molecule has 0 spiro atoms. The van der Waals surface area contributed by atoms with Crippen LogP contribution in [0.25, 0.3) is 5.65 Å². The summed E-state index contributed by atoms with van der Waals surface area (Å²) in [4.78, 5) is 2.41. The number of benzene rings is 1. The first-order chi connectivity index (χ1) is 13.6. The zero-order chi connectivity index (χ0) is 19.7. The van der Waals surface area contributed by atoms with Crippen LogP contribution in [0.15, 0.2) is 30.3 Å². The molecule has 0 radical (unpaired) electrons. The number of hydrogen-bond acceptors (Lipinski definition) is 5. The molecule has 3 aromatic rings. The van der Waals surface area contributed by atoms with Gasteiger partial charge in [0.25, 0.3) is 0 Å². The number of aromatic nitrogens is 4. The van der Waals surface area contributed by atoms with Crippen LogP contribution in [-0.4, -0.2) is 32.4 Å². The molecule has 0 atom stereocenters. The number of rotatable bonds is 6. The van der Waals surface area contributed by atoms with Gasteiger partial charge in [-0.05, 0) is 30.4 Å². The highest BCUT2D eigenvalue weighted by Gasteiger charge is 2.23. The van der Waals surface area contributed by atoms with Gasteiger partial charge in [-0.25, -0.2) is 0 Å². The maximum atomic E-state index is 4.85. The lowest BCUT2D eigenvalue weighted by Crippen LogP contribution is -2.31. The first-order valence-electron chi connectivity index (χ1n) is 10.4. The van der Waals surface area contributed by atoms with Crippen LogP contribution in [-0.2, 0) is 13.0 Å². The summed E-state index contributed by atoms with van der Waals surface area (Å²) in [5, 5.41) is 17.4. The van der Waals surface area contributed by atoms with Gasteiger partial charge in [-0.15, -0.1) is 15.3 Å². The molecule has 1 aromatic carbocycles. The molecule has 0 unspecified atom stereocenters. The van der Waals surface area contributed by atoms with Gasteiger partial charge in [-0.2, -0.15) is 4.52 Å². The molecular formula is C22H30N6. The maximum absolute atomic E-state index is 4.85. The molecular weight excluding hydrogens is 348 g/mol. The van der Waals surface area contributed by atoms with Crippen LogP contribution in [0.2, 0.25) is 0 Å². The van der Waals surface area contributed by atoms with Gasteiger partial charge >= 0.3 is 0 Å². The van der Waals surface area contributed by atoms with E-state index in [2.05, 4.69) is 78.4 Å². The van der Waals surface area contributed by atoms with Crippen molar-refractivity contribution in [2.24, 2.45) is 0 Å². The van der Waals surface area contributed by atoms with Gasteiger partial charge in [-0.3, -0.25) is 0 Å². The molecule has 0 fully saturated rings. The van der Waals surface area contributed by atoms with Crippen molar-refractivity contribution >= 4 is 17.2 Å². The van der Waals surface area contributed by atoms with E-state index < -0.39 is 0 Å². The van der Waals surface area contributed by atoms with Gasteiger partial charge in [0.15, 0.2) is 5.82 Å². The van der Waals surface area contributed by atoms with E-state index in [0.29, 0.717) is 6.04 Å². The van der Waals surface area contributed by atoms with Crippen LogP contribution in [0, 0.1) is 0 Å². The van der Waals surface area contributed by atoms with Crippen LogP contribution >= 0.6 is 0 Å². The number of fused-ring (bicyclic) bond motifs is 2. The van der Waals surface area contributed by atoms with Crippen LogP contribution < -0.4 is 10.2 Å². The Hall–Kier alpha value is -2.63. The molecule has 0 saturated heterocycles. The lowest BCUT2D eigenvalue weighted by atomic mass is 9.99. The predicted molar refractivity (Wildman–Crippen MR) is 114 cm³/mol. The topological polar surface area (TPSA) is 58.3 Å². The molecule has 6 nitrogen and oxygen atoms in total. The fourth-order valence-corrected chi connectivity index (χ4v) is 3.95. The third-order valence-electron chi connectivity index (χ3n) is 5.70. The SMILES string of the molecule is CCC(CC)Nc1cc(N2CCc3ccccc3C2)c2nnc(C(C)C)n2n1. The average Bonchev–Trinajstić information content (AvgIpc) is 3.15.